The van der Waals surface area contributed by atoms with Gasteiger partial charge in [0.1, 0.15) is 12.2 Å². The van der Waals surface area contributed by atoms with Crippen molar-refractivity contribution in [2.75, 3.05) is 6.61 Å². The van der Waals surface area contributed by atoms with E-state index in [1.54, 1.807) is 0 Å². The molecule has 2 N–H and O–H groups in total. The second-order valence-electron chi connectivity index (χ2n) is 5.21. The summed E-state index contributed by atoms with van der Waals surface area (Å²) in [7, 11) is 0. The van der Waals surface area contributed by atoms with Gasteiger partial charge in [0.2, 0.25) is 11.3 Å². The van der Waals surface area contributed by atoms with E-state index in [0.29, 0.717) is 0 Å². The molecule has 6 heteroatoms. The van der Waals surface area contributed by atoms with Gasteiger partial charge in [0, 0.05) is 0 Å². The van der Waals surface area contributed by atoms with E-state index in [1.165, 1.54) is 0 Å². The molecule has 1 aliphatic heterocycles. The van der Waals surface area contributed by atoms with E-state index in [1.807, 2.05) is 45.0 Å². The van der Waals surface area contributed by atoms with Crippen molar-refractivity contribution in [3.63, 3.8) is 0 Å². The van der Waals surface area contributed by atoms with Crippen LogP contribution >= 0.6 is 0 Å². The Morgan fingerprint density at radius 1 is 1.29 bits per heavy atom. The van der Waals surface area contributed by atoms with Crippen molar-refractivity contribution in [3.8, 4) is 0 Å². The summed E-state index contributed by atoms with van der Waals surface area (Å²) in [5.74, 6) is -0.614. The summed E-state index contributed by atoms with van der Waals surface area (Å²) < 4.78 is 28.3. The van der Waals surface area contributed by atoms with Crippen molar-refractivity contribution in [2.24, 2.45) is 5.14 Å². The Labute approximate surface area is 128 Å². The average molecular weight is 313 g/mol. The van der Waals surface area contributed by atoms with Gasteiger partial charge in [-0.05, 0) is 30.9 Å². The Morgan fingerprint density at radius 3 is 2.52 bits per heavy atom. The second kappa shape index (κ2) is 6.98. The lowest BCUT2D eigenvalue weighted by atomic mass is 10.00. The number of hydrogen-bond acceptors (Lipinski definition) is 4. The highest BCUT2D eigenvalue weighted by Crippen LogP contribution is 2.43. The molecule has 0 spiro atoms. The van der Waals surface area contributed by atoms with E-state index in [4.69, 9.17) is 18.8 Å². The van der Waals surface area contributed by atoms with Crippen LogP contribution in [0, 0.1) is 6.92 Å². The third-order valence-electron chi connectivity index (χ3n) is 3.97. The fraction of sp³-hybridized carbons (Fsp3) is 0.600. The van der Waals surface area contributed by atoms with Gasteiger partial charge in [0.05, 0.1) is 6.61 Å². The monoisotopic (exact) mass is 313 g/mol. The highest BCUT2D eigenvalue weighted by Gasteiger charge is 2.46. The first-order valence-electron chi connectivity index (χ1n) is 7.22. The molecule has 1 aromatic carbocycles. The van der Waals surface area contributed by atoms with E-state index >= 15 is 0 Å². The molecule has 3 atom stereocenters. The number of rotatable bonds is 6. The minimum absolute atomic E-state index is 0.143. The third kappa shape index (κ3) is 3.70. The maximum atomic E-state index is 11.0. The lowest BCUT2D eigenvalue weighted by molar-refractivity contribution is -0.181. The smallest absolute Gasteiger partial charge is 0.231 e. The van der Waals surface area contributed by atoms with Crippen molar-refractivity contribution >= 4 is 11.3 Å². The van der Waals surface area contributed by atoms with Gasteiger partial charge in [-0.2, -0.15) is 0 Å². The fourth-order valence-electron chi connectivity index (χ4n) is 2.68. The van der Waals surface area contributed by atoms with E-state index in [-0.39, 0.29) is 18.8 Å². The van der Waals surface area contributed by atoms with Crippen LogP contribution in [0.15, 0.2) is 24.3 Å². The third-order valence-corrected chi connectivity index (χ3v) is 4.33. The van der Waals surface area contributed by atoms with Crippen LogP contribution in [0.4, 0.5) is 0 Å². The summed E-state index contributed by atoms with van der Waals surface area (Å²) >= 11 is -1.80. The predicted octanol–water partition coefficient (Wildman–Crippen LogP) is 2.52. The Kier molecular flexibility index (Phi) is 5.51. The zero-order valence-corrected chi connectivity index (χ0v) is 13.5. The molecular formula is C15H23NO4S. The van der Waals surface area contributed by atoms with Gasteiger partial charge in [-0.3, -0.25) is 4.18 Å². The molecule has 0 amide bonds. The number of nitrogens with two attached hydrogens (primary N) is 1. The van der Waals surface area contributed by atoms with E-state index in [9.17, 15) is 4.21 Å². The highest BCUT2D eigenvalue weighted by molar-refractivity contribution is 7.77. The Hall–Kier alpha value is -0.790. The lowest BCUT2D eigenvalue weighted by Crippen LogP contribution is -2.30. The maximum Gasteiger partial charge on any atom is 0.231 e. The van der Waals surface area contributed by atoms with Crippen molar-refractivity contribution in [3.05, 3.63) is 35.4 Å². The molecular weight excluding hydrogens is 290 g/mol. The Bertz CT molecular complexity index is 504. The van der Waals surface area contributed by atoms with Crippen LogP contribution in [0.5, 0.6) is 0 Å². The molecule has 0 aliphatic carbocycles. The molecule has 2 rings (SSSR count). The van der Waals surface area contributed by atoms with E-state index < -0.39 is 17.1 Å². The van der Waals surface area contributed by atoms with Crippen LogP contribution in [-0.2, 0) is 24.9 Å². The van der Waals surface area contributed by atoms with Gasteiger partial charge >= 0.3 is 0 Å². The van der Waals surface area contributed by atoms with Gasteiger partial charge in [-0.1, -0.05) is 38.1 Å². The zero-order chi connectivity index (χ0) is 15.5. The average Bonchev–Trinajstić information content (AvgIpc) is 2.85. The summed E-state index contributed by atoms with van der Waals surface area (Å²) in [6.07, 6.45) is 0.926. The van der Waals surface area contributed by atoms with Crippen LogP contribution in [-0.4, -0.2) is 22.7 Å². The Morgan fingerprint density at radius 2 is 1.95 bits per heavy atom. The molecule has 5 nitrogen and oxygen atoms in total. The SMILES string of the molecule is CCC1(CC)O[C@H](c2ccccc2C)[C@@H](COS(N)=O)O1. The largest absolute Gasteiger partial charge is 0.341 e. The molecule has 0 saturated carbocycles. The van der Waals surface area contributed by atoms with E-state index in [0.717, 1.165) is 24.0 Å². The maximum absolute atomic E-state index is 11.0. The molecule has 1 heterocycles. The van der Waals surface area contributed by atoms with Crippen LogP contribution < -0.4 is 5.14 Å². The van der Waals surface area contributed by atoms with Gasteiger partial charge < -0.3 is 9.47 Å². The first kappa shape index (κ1) is 16.6. The molecule has 21 heavy (non-hydrogen) atoms. The fourth-order valence-corrected chi connectivity index (χ4v) is 2.95. The van der Waals surface area contributed by atoms with Crippen LogP contribution in [0.1, 0.15) is 43.9 Å². The minimum Gasteiger partial charge on any atom is -0.341 e. The normalized spacial score (nSPS) is 25.9. The van der Waals surface area contributed by atoms with Crippen molar-refractivity contribution in [2.45, 2.75) is 51.6 Å². The minimum atomic E-state index is -1.80. The molecule has 0 aromatic heterocycles. The molecule has 0 radical (unpaired) electrons. The predicted molar refractivity (Wildman–Crippen MR) is 81.5 cm³/mol. The van der Waals surface area contributed by atoms with Crippen molar-refractivity contribution in [1.29, 1.82) is 0 Å². The second-order valence-corrected chi connectivity index (χ2v) is 5.97. The number of hydrogen-bond donors (Lipinski definition) is 1. The summed E-state index contributed by atoms with van der Waals surface area (Å²) in [6, 6.07) is 8.03. The Balaban J connectivity index is 2.26. The first-order valence-corrected chi connectivity index (χ1v) is 8.35. The summed E-state index contributed by atoms with van der Waals surface area (Å²) in [6.45, 7) is 6.24. The number of benzene rings is 1. The summed E-state index contributed by atoms with van der Waals surface area (Å²) in [5, 5.41) is 5.17. The summed E-state index contributed by atoms with van der Waals surface area (Å²) in [5.41, 5.74) is 2.20. The molecule has 0 bridgehead atoms. The van der Waals surface area contributed by atoms with E-state index in [2.05, 4.69) is 0 Å². The van der Waals surface area contributed by atoms with Gasteiger partial charge in [0.25, 0.3) is 0 Å². The molecule has 1 fully saturated rings. The lowest BCUT2D eigenvalue weighted by Gasteiger charge is -2.25. The number of aryl methyl sites for hydroxylation is 1. The van der Waals surface area contributed by atoms with Gasteiger partial charge in [-0.15, -0.1) is 0 Å². The van der Waals surface area contributed by atoms with Gasteiger partial charge in [-0.25, -0.2) is 9.35 Å². The molecule has 1 aliphatic rings. The van der Waals surface area contributed by atoms with Crippen LogP contribution in [0.3, 0.4) is 0 Å². The quantitative estimate of drug-likeness (QED) is 0.876. The molecule has 1 saturated heterocycles. The highest BCUT2D eigenvalue weighted by atomic mass is 32.2. The summed E-state index contributed by atoms with van der Waals surface area (Å²) in [4.78, 5) is 0. The van der Waals surface area contributed by atoms with Gasteiger partial charge in [0.15, 0.2) is 5.79 Å². The molecule has 1 unspecified atom stereocenters. The van der Waals surface area contributed by atoms with Crippen LogP contribution in [0.2, 0.25) is 0 Å². The topological polar surface area (TPSA) is 70.8 Å². The molecule has 118 valence electrons. The molecule has 1 aromatic rings. The van der Waals surface area contributed by atoms with Crippen molar-refractivity contribution < 1.29 is 17.9 Å². The standard InChI is InChI=1S/C15H23NO4S/c1-4-15(5-2)19-13(10-18-21(16)17)14(20-15)12-9-7-6-8-11(12)3/h6-9,13-14H,4-5,10,16H2,1-3H3/t13-,14-,21?/m1/s1. The first-order chi connectivity index (χ1) is 10.0. The van der Waals surface area contributed by atoms with Crippen molar-refractivity contribution in [1.82, 2.24) is 0 Å². The van der Waals surface area contributed by atoms with Crippen LogP contribution in [0.25, 0.3) is 0 Å². The number of ether oxygens (including phenoxy) is 2. The zero-order valence-electron chi connectivity index (χ0n) is 12.7.